The molecule has 2 aliphatic heterocycles. The second-order valence-electron chi connectivity index (χ2n) is 5.34. The average molecular weight is 330 g/mol. The van der Waals surface area contributed by atoms with E-state index >= 15 is 0 Å². The van der Waals surface area contributed by atoms with Gasteiger partial charge >= 0.3 is 6.17 Å². The maximum Gasteiger partial charge on any atom is 0.300 e. The van der Waals surface area contributed by atoms with Gasteiger partial charge in [-0.25, -0.2) is 15.0 Å². The first-order valence-electron chi connectivity index (χ1n) is 7.47. The van der Waals surface area contributed by atoms with Gasteiger partial charge in [0.1, 0.15) is 0 Å². The van der Waals surface area contributed by atoms with Gasteiger partial charge in [0, 0.05) is 32.6 Å². The molecule has 2 fully saturated rings. The molecule has 2 heterocycles. The Balaban J connectivity index is 1.70. The zero-order valence-corrected chi connectivity index (χ0v) is 13.3. The molecule has 0 radical (unpaired) electrons. The summed E-state index contributed by atoms with van der Waals surface area (Å²) in [7, 11) is -3.30. The van der Waals surface area contributed by atoms with Crippen molar-refractivity contribution in [1.29, 1.82) is 0 Å². The quantitative estimate of drug-likeness (QED) is 0.504. The number of hydrogen-bond acceptors (Lipinski definition) is 5. The summed E-state index contributed by atoms with van der Waals surface area (Å²) in [5.41, 5.74) is 0. The first-order chi connectivity index (χ1) is 10.5. The van der Waals surface area contributed by atoms with Gasteiger partial charge in [-0.2, -0.15) is 4.31 Å². The largest absolute Gasteiger partial charge is 0.379 e. The van der Waals surface area contributed by atoms with Crippen LogP contribution < -0.4 is 5.32 Å². The summed E-state index contributed by atoms with van der Waals surface area (Å²) < 4.78 is 30.7. The molecule has 124 valence electrons. The van der Waals surface area contributed by atoms with Crippen molar-refractivity contribution in [1.82, 2.24) is 14.5 Å². The molecule has 0 saturated carbocycles. The summed E-state index contributed by atoms with van der Waals surface area (Å²) in [6.45, 7) is 9.60. The Hall–Kier alpha value is -1.21. The fraction of sp³-hybridized carbons (Fsp3) is 0.846. The van der Waals surface area contributed by atoms with Crippen LogP contribution in [0.2, 0.25) is 0 Å². The summed E-state index contributed by atoms with van der Waals surface area (Å²) in [5.74, 6) is -0.172. The van der Waals surface area contributed by atoms with Crippen LogP contribution in [0.4, 0.5) is 0 Å². The van der Waals surface area contributed by atoms with E-state index in [-0.39, 0.29) is 30.9 Å². The van der Waals surface area contributed by atoms with Gasteiger partial charge in [-0.05, 0) is 6.42 Å². The van der Waals surface area contributed by atoms with Gasteiger partial charge in [-0.15, -0.1) is 0 Å². The van der Waals surface area contributed by atoms with Crippen LogP contribution in [0, 0.1) is 6.57 Å². The molecule has 9 heteroatoms. The first-order valence-corrected chi connectivity index (χ1v) is 9.08. The van der Waals surface area contributed by atoms with E-state index in [2.05, 4.69) is 10.2 Å². The summed E-state index contributed by atoms with van der Waals surface area (Å²) >= 11 is 0. The maximum absolute atomic E-state index is 12.1. The molecule has 0 unspecified atom stereocenters. The molecule has 1 amide bonds. The van der Waals surface area contributed by atoms with Crippen LogP contribution in [-0.2, 0) is 19.6 Å². The van der Waals surface area contributed by atoms with E-state index in [0.717, 1.165) is 12.8 Å². The van der Waals surface area contributed by atoms with Gasteiger partial charge in [0.25, 0.3) is 0 Å². The van der Waals surface area contributed by atoms with E-state index in [1.54, 1.807) is 4.90 Å². The Labute approximate surface area is 131 Å². The van der Waals surface area contributed by atoms with E-state index in [1.165, 1.54) is 4.31 Å². The number of nitrogens with one attached hydrogen (secondary N) is 1. The van der Waals surface area contributed by atoms with Gasteiger partial charge in [0.2, 0.25) is 15.9 Å². The number of rotatable bonds is 6. The molecule has 0 spiro atoms. The first kappa shape index (κ1) is 17.1. The molecule has 0 aromatic rings. The molecule has 22 heavy (non-hydrogen) atoms. The van der Waals surface area contributed by atoms with Crippen molar-refractivity contribution in [3.63, 3.8) is 0 Å². The van der Waals surface area contributed by atoms with Crippen LogP contribution >= 0.6 is 0 Å². The van der Waals surface area contributed by atoms with Crippen molar-refractivity contribution in [3.8, 4) is 0 Å². The minimum Gasteiger partial charge on any atom is -0.379 e. The van der Waals surface area contributed by atoms with Crippen molar-refractivity contribution < 1.29 is 17.9 Å². The number of nitrogens with zero attached hydrogens (tertiary/aromatic N) is 3. The number of amides is 1. The molecule has 2 aliphatic rings. The highest BCUT2D eigenvalue weighted by molar-refractivity contribution is 7.89. The fourth-order valence-corrected chi connectivity index (χ4v) is 3.99. The third-order valence-electron chi connectivity index (χ3n) is 3.87. The van der Waals surface area contributed by atoms with Crippen LogP contribution in [-0.4, -0.2) is 81.4 Å². The maximum atomic E-state index is 12.1. The van der Waals surface area contributed by atoms with Gasteiger partial charge in [-0.1, -0.05) is 0 Å². The second kappa shape index (κ2) is 7.87. The van der Waals surface area contributed by atoms with Crippen LogP contribution in [0.3, 0.4) is 0 Å². The zero-order valence-electron chi connectivity index (χ0n) is 12.5. The van der Waals surface area contributed by atoms with Gasteiger partial charge in [0.15, 0.2) is 0 Å². The molecule has 0 aromatic carbocycles. The molecule has 2 rings (SSSR count). The number of hydrogen-bond donors (Lipinski definition) is 1. The molecule has 8 nitrogen and oxygen atoms in total. The lowest BCUT2D eigenvalue weighted by Gasteiger charge is -2.26. The average Bonchev–Trinajstić information content (AvgIpc) is 3.01. The molecule has 0 bridgehead atoms. The highest BCUT2D eigenvalue weighted by Gasteiger charge is 2.32. The van der Waals surface area contributed by atoms with E-state index in [0.29, 0.717) is 32.8 Å². The monoisotopic (exact) mass is 330 g/mol. The van der Waals surface area contributed by atoms with Crippen molar-refractivity contribution in [2.75, 3.05) is 51.7 Å². The summed E-state index contributed by atoms with van der Waals surface area (Å²) in [6, 6.07) is 0. The lowest BCUT2D eigenvalue weighted by Crippen LogP contribution is -2.44. The lowest BCUT2D eigenvalue weighted by atomic mass is 10.3. The Morgan fingerprint density at radius 2 is 2.05 bits per heavy atom. The third-order valence-corrected chi connectivity index (χ3v) is 5.74. The lowest BCUT2D eigenvalue weighted by molar-refractivity contribution is -0.130. The Kier molecular flexibility index (Phi) is 6.14. The van der Waals surface area contributed by atoms with Crippen molar-refractivity contribution in [2.24, 2.45) is 0 Å². The molecule has 0 aliphatic carbocycles. The van der Waals surface area contributed by atoms with Crippen LogP contribution in [0.15, 0.2) is 0 Å². The molecule has 0 aromatic heterocycles. The van der Waals surface area contributed by atoms with E-state index in [1.807, 2.05) is 0 Å². The van der Waals surface area contributed by atoms with Gasteiger partial charge in [0.05, 0.1) is 25.5 Å². The molecular formula is C13H22N4O4S. The normalized spacial score (nSPS) is 23.4. The predicted octanol–water partition coefficient (Wildman–Crippen LogP) is -0.894. The minimum absolute atomic E-state index is 0.0352. The summed E-state index contributed by atoms with van der Waals surface area (Å²) in [4.78, 5) is 17.0. The van der Waals surface area contributed by atoms with E-state index in [4.69, 9.17) is 11.3 Å². The Morgan fingerprint density at radius 1 is 1.32 bits per heavy atom. The number of carbonyl (C=O) groups excluding carboxylic acids is 1. The number of morpholine rings is 1. The summed E-state index contributed by atoms with van der Waals surface area (Å²) in [6.07, 6.45) is 1.22. The topological polar surface area (TPSA) is 83.3 Å². The van der Waals surface area contributed by atoms with Crippen LogP contribution in [0.5, 0.6) is 0 Å². The fourth-order valence-electron chi connectivity index (χ4n) is 2.63. The Morgan fingerprint density at radius 3 is 2.73 bits per heavy atom. The molecule has 1 N–H and O–H groups in total. The third kappa shape index (κ3) is 4.39. The number of likely N-dealkylation sites (tertiary alicyclic amines) is 1. The highest BCUT2D eigenvalue weighted by Crippen LogP contribution is 2.17. The molecular weight excluding hydrogens is 308 g/mol. The highest BCUT2D eigenvalue weighted by atomic mass is 32.2. The van der Waals surface area contributed by atoms with Crippen LogP contribution in [0.1, 0.15) is 12.8 Å². The van der Waals surface area contributed by atoms with Crippen LogP contribution in [0.25, 0.3) is 4.85 Å². The molecule has 2 saturated heterocycles. The SMILES string of the molecule is [C-]#[N+][C@@H]1CCCN1C(=O)CNCCS(=O)(=O)N1CCOCC1. The molecule has 1 atom stereocenters. The van der Waals surface area contributed by atoms with E-state index in [9.17, 15) is 13.2 Å². The van der Waals surface area contributed by atoms with E-state index < -0.39 is 10.0 Å². The van der Waals surface area contributed by atoms with Crippen molar-refractivity contribution in [3.05, 3.63) is 11.4 Å². The number of sulfonamides is 1. The zero-order chi connectivity index (χ0) is 16.0. The minimum atomic E-state index is -3.30. The van der Waals surface area contributed by atoms with Gasteiger partial charge < -0.3 is 10.1 Å². The predicted molar refractivity (Wildman–Crippen MR) is 80.4 cm³/mol. The number of carbonyl (C=O) groups is 1. The van der Waals surface area contributed by atoms with Gasteiger partial charge in [-0.3, -0.25) is 14.5 Å². The standard InChI is InChI=1S/C13H22N4O4S/c1-14-12-3-2-5-17(12)13(18)11-15-4-10-22(19,20)16-6-8-21-9-7-16/h12,15H,2-11H2/t12-/m0/s1. The Bertz CT molecular complexity index is 525. The van der Waals surface area contributed by atoms with Crippen molar-refractivity contribution >= 4 is 15.9 Å². The number of ether oxygens (including phenoxy) is 1. The summed E-state index contributed by atoms with van der Waals surface area (Å²) in [5, 5.41) is 2.87. The smallest absolute Gasteiger partial charge is 0.300 e. The second-order valence-corrected chi connectivity index (χ2v) is 7.43. The van der Waals surface area contributed by atoms with Crippen molar-refractivity contribution in [2.45, 2.75) is 19.0 Å².